The SMILES string of the molecule is CCOC(=O)C1=C(c2ccccc2)N=c2s/c(=C\c3ccc(OCc4ccc(C#N)cc4)c(OCC)c3)c(=O)n2[C@@H]1c1ccc(OC)c(OC)c1. The summed E-state index contributed by atoms with van der Waals surface area (Å²) in [6.45, 7) is 4.45. The van der Waals surface area contributed by atoms with Gasteiger partial charge < -0.3 is 23.7 Å². The fourth-order valence-corrected chi connectivity index (χ4v) is 6.77. The van der Waals surface area contributed by atoms with Crippen molar-refractivity contribution in [1.29, 1.82) is 5.26 Å². The summed E-state index contributed by atoms with van der Waals surface area (Å²) in [5.74, 6) is 1.44. The monoisotopic (exact) mass is 701 g/mol. The van der Waals surface area contributed by atoms with Gasteiger partial charge in [0.05, 0.1) is 60.9 Å². The van der Waals surface area contributed by atoms with Crippen molar-refractivity contribution < 1.29 is 28.5 Å². The number of rotatable bonds is 12. The van der Waals surface area contributed by atoms with E-state index in [1.165, 1.54) is 23.0 Å². The third-order valence-electron chi connectivity index (χ3n) is 8.14. The molecular weight excluding hydrogens is 667 g/mol. The molecule has 0 fully saturated rings. The van der Waals surface area contributed by atoms with Gasteiger partial charge in [0.15, 0.2) is 27.8 Å². The highest BCUT2D eigenvalue weighted by Gasteiger charge is 2.35. The van der Waals surface area contributed by atoms with Crippen LogP contribution in [0.4, 0.5) is 0 Å². The van der Waals surface area contributed by atoms with Crippen LogP contribution < -0.4 is 33.8 Å². The fourth-order valence-electron chi connectivity index (χ4n) is 5.77. The average Bonchev–Trinajstić information content (AvgIpc) is 3.47. The number of ether oxygens (including phenoxy) is 5. The maximum atomic E-state index is 14.4. The van der Waals surface area contributed by atoms with E-state index in [4.69, 9.17) is 33.9 Å². The molecule has 0 unspecified atom stereocenters. The van der Waals surface area contributed by atoms with Gasteiger partial charge in [-0.1, -0.05) is 65.9 Å². The molecule has 1 aliphatic heterocycles. The molecule has 10 nitrogen and oxygen atoms in total. The Balaban J connectivity index is 1.48. The molecule has 0 saturated carbocycles. The topological polar surface area (TPSA) is 121 Å². The molecule has 258 valence electrons. The maximum Gasteiger partial charge on any atom is 0.338 e. The Labute approximate surface area is 298 Å². The van der Waals surface area contributed by atoms with Crippen molar-refractivity contribution in [3.8, 4) is 29.1 Å². The first-order chi connectivity index (χ1) is 24.9. The second-order valence-electron chi connectivity index (χ2n) is 11.3. The van der Waals surface area contributed by atoms with Crippen LogP contribution >= 0.6 is 11.3 Å². The zero-order valence-corrected chi connectivity index (χ0v) is 29.4. The lowest BCUT2D eigenvalue weighted by molar-refractivity contribution is -0.138. The summed E-state index contributed by atoms with van der Waals surface area (Å²) in [4.78, 5) is 33.6. The number of nitrogens with zero attached hydrogens (tertiary/aromatic N) is 3. The molecule has 1 aromatic heterocycles. The van der Waals surface area contributed by atoms with Gasteiger partial charge in [-0.15, -0.1) is 0 Å². The molecule has 0 amide bonds. The van der Waals surface area contributed by atoms with E-state index in [1.54, 1.807) is 56.5 Å². The minimum absolute atomic E-state index is 0.142. The first kappa shape index (κ1) is 34.7. The number of hydrogen-bond acceptors (Lipinski definition) is 10. The molecule has 0 radical (unpaired) electrons. The number of carbonyl (C=O) groups excluding carboxylic acids is 1. The van der Waals surface area contributed by atoms with E-state index in [9.17, 15) is 9.59 Å². The van der Waals surface area contributed by atoms with Crippen molar-refractivity contribution in [2.24, 2.45) is 4.99 Å². The van der Waals surface area contributed by atoms with Crippen LogP contribution in [-0.2, 0) is 16.1 Å². The number of esters is 1. The first-order valence-electron chi connectivity index (χ1n) is 16.3. The molecule has 5 aromatic rings. The van der Waals surface area contributed by atoms with Gasteiger partial charge in [0.25, 0.3) is 5.56 Å². The van der Waals surface area contributed by atoms with Crippen molar-refractivity contribution in [2.75, 3.05) is 27.4 Å². The zero-order valence-electron chi connectivity index (χ0n) is 28.5. The predicted molar refractivity (Wildman–Crippen MR) is 194 cm³/mol. The third kappa shape index (κ3) is 7.27. The van der Waals surface area contributed by atoms with Gasteiger partial charge in [-0.05, 0) is 73.0 Å². The van der Waals surface area contributed by atoms with E-state index < -0.39 is 12.0 Å². The Kier molecular flexibility index (Phi) is 10.6. The van der Waals surface area contributed by atoms with Gasteiger partial charge in [0, 0.05) is 5.56 Å². The molecule has 0 N–H and O–H groups in total. The van der Waals surface area contributed by atoms with E-state index in [0.717, 1.165) is 5.56 Å². The Morgan fingerprint density at radius 2 is 1.63 bits per heavy atom. The summed E-state index contributed by atoms with van der Waals surface area (Å²) in [5.41, 5.74) is 3.85. The van der Waals surface area contributed by atoms with Crippen LogP contribution in [0, 0.1) is 11.3 Å². The molecule has 1 atom stereocenters. The number of thiazole rings is 1. The highest BCUT2D eigenvalue weighted by Crippen LogP contribution is 2.38. The van der Waals surface area contributed by atoms with Gasteiger partial charge in [0.1, 0.15) is 6.61 Å². The molecule has 0 spiro atoms. The molecule has 51 heavy (non-hydrogen) atoms. The largest absolute Gasteiger partial charge is 0.493 e. The Hall–Kier alpha value is -6.12. The van der Waals surface area contributed by atoms with Gasteiger partial charge in [-0.2, -0.15) is 5.26 Å². The van der Waals surface area contributed by atoms with E-state index in [2.05, 4.69) is 6.07 Å². The van der Waals surface area contributed by atoms with E-state index >= 15 is 0 Å². The predicted octanol–water partition coefficient (Wildman–Crippen LogP) is 5.80. The van der Waals surface area contributed by atoms with Gasteiger partial charge >= 0.3 is 5.97 Å². The second-order valence-corrected chi connectivity index (χ2v) is 12.3. The Morgan fingerprint density at radius 1 is 0.882 bits per heavy atom. The highest BCUT2D eigenvalue weighted by atomic mass is 32.1. The van der Waals surface area contributed by atoms with Crippen molar-refractivity contribution >= 4 is 29.1 Å². The van der Waals surface area contributed by atoms with Crippen LogP contribution in [0.1, 0.15) is 47.7 Å². The maximum absolute atomic E-state index is 14.4. The van der Waals surface area contributed by atoms with Gasteiger partial charge in [0.2, 0.25) is 0 Å². The van der Waals surface area contributed by atoms with Crippen LogP contribution in [0.25, 0.3) is 11.8 Å². The van der Waals surface area contributed by atoms with Crippen molar-refractivity contribution in [3.05, 3.63) is 144 Å². The number of methoxy groups -OCH3 is 2. The van der Waals surface area contributed by atoms with Crippen molar-refractivity contribution in [2.45, 2.75) is 26.5 Å². The lowest BCUT2D eigenvalue weighted by Crippen LogP contribution is -2.40. The molecule has 0 aliphatic carbocycles. The van der Waals surface area contributed by atoms with E-state index in [1.807, 2.05) is 61.5 Å². The molecule has 6 rings (SSSR count). The van der Waals surface area contributed by atoms with Gasteiger partial charge in [-0.3, -0.25) is 9.36 Å². The number of carbonyl (C=O) groups is 1. The molecule has 2 heterocycles. The number of benzene rings is 4. The van der Waals surface area contributed by atoms with E-state index in [-0.39, 0.29) is 24.3 Å². The smallest absolute Gasteiger partial charge is 0.338 e. The summed E-state index contributed by atoms with van der Waals surface area (Å²) >= 11 is 1.22. The molecule has 0 bridgehead atoms. The normalized spacial score (nSPS) is 13.9. The Bertz CT molecular complexity index is 2320. The minimum atomic E-state index is -0.880. The minimum Gasteiger partial charge on any atom is -0.493 e. The molecular formula is C40H35N3O7S. The van der Waals surface area contributed by atoms with Crippen LogP contribution in [0.15, 0.2) is 106 Å². The number of nitriles is 1. The van der Waals surface area contributed by atoms with Crippen molar-refractivity contribution in [1.82, 2.24) is 4.57 Å². The summed E-state index contributed by atoms with van der Waals surface area (Å²) in [5, 5.41) is 9.09. The third-order valence-corrected chi connectivity index (χ3v) is 9.12. The second kappa shape index (κ2) is 15.6. The number of fused-ring (bicyclic) bond motifs is 1. The van der Waals surface area contributed by atoms with Crippen LogP contribution in [0.2, 0.25) is 0 Å². The number of hydrogen-bond donors (Lipinski definition) is 0. The van der Waals surface area contributed by atoms with Gasteiger partial charge in [-0.25, -0.2) is 9.79 Å². The lowest BCUT2D eigenvalue weighted by atomic mass is 9.93. The average molecular weight is 702 g/mol. The van der Waals surface area contributed by atoms with Crippen LogP contribution in [0.5, 0.6) is 23.0 Å². The standard InChI is InChI=1S/C40H35N3O7S/c1-5-48-33-20-27(16-18-31(33)50-24-26-14-12-25(23-41)13-15-26)21-34-38(44)43-37(29-17-19-30(46-3)32(22-29)47-4)35(39(45)49-6-2)36(42-40(43)51-34)28-10-8-7-9-11-28/h7-22,37H,5-6,24H2,1-4H3/b34-21-/t37-/m1/s1. The number of aromatic nitrogens is 1. The quantitative estimate of drug-likeness (QED) is 0.150. The highest BCUT2D eigenvalue weighted by molar-refractivity contribution is 7.07. The van der Waals surface area contributed by atoms with Crippen molar-refractivity contribution in [3.63, 3.8) is 0 Å². The van der Waals surface area contributed by atoms with Crippen LogP contribution in [-0.4, -0.2) is 38.0 Å². The summed E-state index contributed by atoms with van der Waals surface area (Å²) in [7, 11) is 3.08. The first-order valence-corrected chi connectivity index (χ1v) is 17.1. The zero-order chi connectivity index (χ0) is 35.9. The van der Waals surface area contributed by atoms with E-state index in [0.29, 0.717) is 66.9 Å². The Morgan fingerprint density at radius 3 is 2.31 bits per heavy atom. The molecule has 0 saturated heterocycles. The fraction of sp³-hybridized carbons (Fsp3) is 0.200. The molecule has 11 heteroatoms. The summed E-state index contributed by atoms with van der Waals surface area (Å²) in [6.07, 6.45) is 1.78. The molecule has 1 aliphatic rings. The summed E-state index contributed by atoms with van der Waals surface area (Å²) < 4.78 is 30.6. The molecule has 4 aromatic carbocycles. The lowest BCUT2D eigenvalue weighted by Gasteiger charge is -2.26. The van der Waals surface area contributed by atoms with Crippen LogP contribution in [0.3, 0.4) is 0 Å². The summed E-state index contributed by atoms with van der Waals surface area (Å²) in [6, 6.07) is 28.6.